The number of amides is 2. The summed E-state index contributed by atoms with van der Waals surface area (Å²) < 4.78 is 2.08. The van der Waals surface area contributed by atoms with Crippen LogP contribution in [-0.4, -0.2) is 22.9 Å². The smallest absolute Gasteiger partial charge is 0.257 e. The zero-order valence-electron chi connectivity index (χ0n) is 17.3. The van der Waals surface area contributed by atoms with E-state index in [1.807, 2.05) is 68.1 Å². The molecule has 0 spiro atoms. The molecule has 0 unspecified atom stereocenters. The molecule has 2 aromatic carbocycles. The highest BCUT2D eigenvalue weighted by Crippen LogP contribution is 2.28. The molecular formula is C24H24ClN3O2. The summed E-state index contributed by atoms with van der Waals surface area (Å²) in [6, 6.07) is 15.1. The van der Waals surface area contributed by atoms with Gasteiger partial charge in [-0.1, -0.05) is 11.6 Å². The van der Waals surface area contributed by atoms with E-state index < -0.39 is 0 Å². The van der Waals surface area contributed by atoms with Gasteiger partial charge in [0.2, 0.25) is 5.91 Å². The standard InChI is InChI=1S/C24H24ClN3O2/c1-15-13-18(8-11-22(15)27-12-4-5-23(27)29)26-24(30)20-14-19(9-10-21(20)25)28-16(2)6-7-17(28)3/h6-11,13-14H,4-5,12H2,1-3H3,(H,26,30). The molecular weight excluding hydrogens is 398 g/mol. The lowest BCUT2D eigenvalue weighted by Crippen LogP contribution is -2.24. The molecule has 4 rings (SSSR count). The first-order valence-corrected chi connectivity index (χ1v) is 10.4. The first kappa shape index (κ1) is 20.2. The lowest BCUT2D eigenvalue weighted by Gasteiger charge is -2.19. The Bertz CT molecular complexity index is 1130. The predicted molar refractivity (Wildman–Crippen MR) is 121 cm³/mol. The van der Waals surface area contributed by atoms with E-state index in [2.05, 4.69) is 9.88 Å². The number of carbonyl (C=O) groups excluding carboxylic acids is 2. The summed E-state index contributed by atoms with van der Waals surface area (Å²) in [5, 5.41) is 3.33. The maximum absolute atomic E-state index is 13.0. The monoisotopic (exact) mass is 421 g/mol. The number of aryl methyl sites for hydroxylation is 3. The minimum atomic E-state index is -0.270. The number of hydrogen-bond donors (Lipinski definition) is 1. The van der Waals surface area contributed by atoms with Gasteiger partial charge in [-0.2, -0.15) is 0 Å². The fourth-order valence-corrected chi connectivity index (χ4v) is 4.24. The molecule has 1 aliphatic heterocycles. The van der Waals surface area contributed by atoms with Crippen LogP contribution in [0, 0.1) is 20.8 Å². The van der Waals surface area contributed by atoms with Gasteiger partial charge < -0.3 is 14.8 Å². The van der Waals surface area contributed by atoms with Gasteiger partial charge in [-0.15, -0.1) is 0 Å². The number of carbonyl (C=O) groups is 2. The molecule has 30 heavy (non-hydrogen) atoms. The van der Waals surface area contributed by atoms with E-state index in [9.17, 15) is 9.59 Å². The van der Waals surface area contributed by atoms with Crippen molar-refractivity contribution >= 4 is 34.8 Å². The van der Waals surface area contributed by atoms with Gasteiger partial charge in [0.05, 0.1) is 10.6 Å². The average Bonchev–Trinajstić information content (AvgIpc) is 3.27. The highest BCUT2D eigenvalue weighted by Gasteiger charge is 2.23. The average molecular weight is 422 g/mol. The second kappa shape index (κ2) is 8.00. The number of benzene rings is 2. The Morgan fingerprint density at radius 3 is 2.37 bits per heavy atom. The summed E-state index contributed by atoms with van der Waals surface area (Å²) in [6.07, 6.45) is 1.47. The van der Waals surface area contributed by atoms with Crippen molar-refractivity contribution in [2.24, 2.45) is 0 Å². The summed E-state index contributed by atoms with van der Waals surface area (Å²) in [5.41, 5.74) is 5.99. The Labute approximate surface area is 181 Å². The van der Waals surface area contributed by atoms with E-state index >= 15 is 0 Å². The lowest BCUT2D eigenvalue weighted by atomic mass is 10.1. The molecule has 0 saturated carbocycles. The highest BCUT2D eigenvalue weighted by molar-refractivity contribution is 6.34. The van der Waals surface area contributed by atoms with Crippen LogP contribution in [0.2, 0.25) is 5.02 Å². The van der Waals surface area contributed by atoms with Gasteiger partial charge in [0.1, 0.15) is 0 Å². The quantitative estimate of drug-likeness (QED) is 0.610. The van der Waals surface area contributed by atoms with E-state index in [0.29, 0.717) is 22.7 Å². The minimum Gasteiger partial charge on any atom is -0.322 e. The third kappa shape index (κ3) is 3.73. The Morgan fingerprint density at radius 1 is 1.00 bits per heavy atom. The first-order valence-electron chi connectivity index (χ1n) is 10.0. The summed E-state index contributed by atoms with van der Waals surface area (Å²) in [5.74, 6) is -0.122. The van der Waals surface area contributed by atoms with Crippen molar-refractivity contribution in [2.45, 2.75) is 33.6 Å². The van der Waals surface area contributed by atoms with E-state index in [4.69, 9.17) is 11.6 Å². The molecule has 0 radical (unpaired) electrons. The molecule has 0 atom stereocenters. The fourth-order valence-electron chi connectivity index (χ4n) is 4.04. The first-order chi connectivity index (χ1) is 14.3. The zero-order chi connectivity index (χ0) is 21.4. The second-order valence-electron chi connectivity index (χ2n) is 7.72. The minimum absolute atomic E-state index is 0.147. The maximum atomic E-state index is 13.0. The number of halogens is 1. The number of nitrogens with zero attached hydrogens (tertiary/aromatic N) is 2. The van der Waals surface area contributed by atoms with Crippen molar-refractivity contribution in [1.82, 2.24) is 4.57 Å². The van der Waals surface area contributed by atoms with Gasteiger partial charge in [-0.25, -0.2) is 0 Å². The van der Waals surface area contributed by atoms with E-state index in [-0.39, 0.29) is 11.8 Å². The van der Waals surface area contributed by atoms with E-state index in [1.165, 1.54) is 0 Å². The van der Waals surface area contributed by atoms with Crippen LogP contribution in [-0.2, 0) is 4.79 Å². The molecule has 154 valence electrons. The van der Waals surface area contributed by atoms with Crippen LogP contribution >= 0.6 is 11.6 Å². The second-order valence-corrected chi connectivity index (χ2v) is 8.13. The summed E-state index contributed by atoms with van der Waals surface area (Å²) in [7, 11) is 0. The Balaban J connectivity index is 1.59. The fraction of sp³-hybridized carbons (Fsp3) is 0.250. The van der Waals surface area contributed by atoms with Crippen LogP contribution in [0.25, 0.3) is 5.69 Å². The van der Waals surface area contributed by atoms with Crippen molar-refractivity contribution in [3.05, 3.63) is 76.1 Å². The Kier molecular flexibility index (Phi) is 5.39. The molecule has 2 amide bonds. The number of anilines is 2. The molecule has 0 bridgehead atoms. The number of nitrogens with one attached hydrogen (secondary N) is 1. The van der Waals surface area contributed by atoms with Crippen LogP contribution in [0.4, 0.5) is 11.4 Å². The SMILES string of the molecule is Cc1cc(NC(=O)c2cc(-n3c(C)ccc3C)ccc2Cl)ccc1N1CCCC1=O. The normalized spacial score (nSPS) is 13.7. The molecule has 1 N–H and O–H groups in total. The van der Waals surface area contributed by atoms with Crippen LogP contribution in [0.5, 0.6) is 0 Å². The molecule has 5 nitrogen and oxygen atoms in total. The van der Waals surface area contributed by atoms with E-state index in [0.717, 1.165) is 41.3 Å². The van der Waals surface area contributed by atoms with Crippen molar-refractivity contribution in [1.29, 1.82) is 0 Å². The van der Waals surface area contributed by atoms with Gasteiger partial charge in [-0.05, 0) is 81.3 Å². The van der Waals surface area contributed by atoms with Gasteiger partial charge in [0.15, 0.2) is 0 Å². The van der Waals surface area contributed by atoms with E-state index in [1.54, 1.807) is 6.07 Å². The number of aromatic nitrogens is 1. The molecule has 1 aliphatic rings. The van der Waals surface area contributed by atoms with Crippen LogP contribution in [0.15, 0.2) is 48.5 Å². The molecule has 6 heteroatoms. The van der Waals surface area contributed by atoms with Gasteiger partial charge >= 0.3 is 0 Å². The summed E-state index contributed by atoms with van der Waals surface area (Å²) in [4.78, 5) is 26.8. The third-order valence-electron chi connectivity index (χ3n) is 5.54. The molecule has 2 heterocycles. The zero-order valence-corrected chi connectivity index (χ0v) is 18.1. The topological polar surface area (TPSA) is 54.3 Å². The van der Waals surface area contributed by atoms with Gasteiger partial charge in [-0.3, -0.25) is 9.59 Å². The maximum Gasteiger partial charge on any atom is 0.257 e. The van der Waals surface area contributed by atoms with Gasteiger partial charge in [0, 0.05) is 41.4 Å². The largest absolute Gasteiger partial charge is 0.322 e. The highest BCUT2D eigenvalue weighted by atomic mass is 35.5. The van der Waals surface area contributed by atoms with Crippen molar-refractivity contribution in [3.8, 4) is 5.69 Å². The van der Waals surface area contributed by atoms with Crippen LogP contribution in [0.3, 0.4) is 0 Å². The van der Waals surface area contributed by atoms with Crippen LogP contribution < -0.4 is 10.2 Å². The van der Waals surface area contributed by atoms with Gasteiger partial charge in [0.25, 0.3) is 5.91 Å². The van der Waals surface area contributed by atoms with Crippen molar-refractivity contribution < 1.29 is 9.59 Å². The molecule has 1 aromatic heterocycles. The summed E-state index contributed by atoms with van der Waals surface area (Å²) >= 11 is 6.34. The molecule has 1 saturated heterocycles. The summed E-state index contributed by atoms with van der Waals surface area (Å²) in [6.45, 7) is 6.74. The lowest BCUT2D eigenvalue weighted by molar-refractivity contribution is -0.117. The van der Waals surface area contributed by atoms with Crippen LogP contribution in [0.1, 0.15) is 40.2 Å². The Morgan fingerprint density at radius 2 is 1.73 bits per heavy atom. The molecule has 0 aliphatic carbocycles. The number of hydrogen-bond acceptors (Lipinski definition) is 2. The van der Waals surface area contributed by atoms with Crippen molar-refractivity contribution in [2.75, 3.05) is 16.8 Å². The predicted octanol–water partition coefficient (Wildman–Crippen LogP) is 5.44. The molecule has 3 aromatic rings. The third-order valence-corrected chi connectivity index (χ3v) is 5.87. The Hall–Kier alpha value is -3.05. The molecule has 1 fully saturated rings. The number of rotatable bonds is 4. The van der Waals surface area contributed by atoms with Crippen molar-refractivity contribution in [3.63, 3.8) is 0 Å².